The standard InChI is InChI=1S/C20H29N5O3S/c1-13(2)17(22)19(27)25(16(26)7-5-4-6-12-21)20-24-23-18(29-20)14-8-10-15(28-3)11-9-14/h8-11,13,17H,4-7,12,21-22H2,1-3H3/t17-/m1/s1. The van der Waals surface area contributed by atoms with Crippen molar-refractivity contribution in [2.24, 2.45) is 17.4 Å². The topological polar surface area (TPSA) is 124 Å². The number of aromatic nitrogens is 2. The van der Waals surface area contributed by atoms with Crippen molar-refractivity contribution < 1.29 is 14.3 Å². The molecular weight excluding hydrogens is 390 g/mol. The fraction of sp³-hybridized carbons (Fsp3) is 0.500. The van der Waals surface area contributed by atoms with Crippen LogP contribution in [0, 0.1) is 5.92 Å². The van der Waals surface area contributed by atoms with Crippen molar-refractivity contribution in [2.45, 2.75) is 45.6 Å². The molecule has 1 atom stereocenters. The molecule has 0 bridgehead atoms. The van der Waals surface area contributed by atoms with Gasteiger partial charge in [-0.3, -0.25) is 9.59 Å². The largest absolute Gasteiger partial charge is 0.497 e. The number of unbranched alkanes of at least 4 members (excludes halogenated alkanes) is 2. The number of carbonyl (C=O) groups excluding carboxylic acids is 2. The molecule has 1 heterocycles. The summed E-state index contributed by atoms with van der Waals surface area (Å²) < 4.78 is 5.16. The van der Waals surface area contributed by atoms with Crippen molar-refractivity contribution in [1.29, 1.82) is 0 Å². The van der Waals surface area contributed by atoms with Gasteiger partial charge < -0.3 is 16.2 Å². The third kappa shape index (κ3) is 6.06. The zero-order valence-electron chi connectivity index (χ0n) is 17.1. The van der Waals surface area contributed by atoms with Gasteiger partial charge in [0, 0.05) is 12.0 Å². The number of nitrogens with zero attached hydrogens (tertiary/aromatic N) is 3. The molecule has 2 aromatic rings. The number of hydrogen-bond donors (Lipinski definition) is 2. The van der Waals surface area contributed by atoms with Crippen molar-refractivity contribution in [1.82, 2.24) is 10.2 Å². The van der Waals surface area contributed by atoms with Gasteiger partial charge in [0.1, 0.15) is 10.8 Å². The lowest BCUT2D eigenvalue weighted by molar-refractivity contribution is -0.127. The van der Waals surface area contributed by atoms with Crippen LogP contribution in [-0.4, -0.2) is 41.7 Å². The van der Waals surface area contributed by atoms with Crippen LogP contribution in [0.4, 0.5) is 5.13 Å². The van der Waals surface area contributed by atoms with Crippen molar-refractivity contribution >= 4 is 28.3 Å². The Hall–Kier alpha value is -2.36. The maximum absolute atomic E-state index is 12.9. The van der Waals surface area contributed by atoms with E-state index in [1.165, 1.54) is 11.3 Å². The van der Waals surface area contributed by atoms with E-state index in [1.807, 2.05) is 38.1 Å². The lowest BCUT2D eigenvalue weighted by atomic mass is 10.0. The number of anilines is 1. The molecule has 0 aliphatic carbocycles. The monoisotopic (exact) mass is 419 g/mol. The molecule has 158 valence electrons. The molecule has 0 saturated carbocycles. The summed E-state index contributed by atoms with van der Waals surface area (Å²) in [6.07, 6.45) is 2.55. The molecule has 0 aliphatic heterocycles. The Bertz CT molecular complexity index is 807. The molecule has 1 aromatic heterocycles. The van der Waals surface area contributed by atoms with E-state index in [0.29, 0.717) is 18.0 Å². The van der Waals surface area contributed by atoms with Gasteiger partial charge in [-0.2, -0.15) is 0 Å². The molecule has 4 N–H and O–H groups in total. The summed E-state index contributed by atoms with van der Waals surface area (Å²) in [6.45, 7) is 4.27. The molecule has 2 amide bonds. The Labute approximate surface area is 175 Å². The number of benzene rings is 1. The molecule has 0 fully saturated rings. The number of methoxy groups -OCH3 is 1. The van der Waals surface area contributed by atoms with Gasteiger partial charge in [0.2, 0.25) is 11.0 Å². The van der Waals surface area contributed by atoms with Gasteiger partial charge in [0.15, 0.2) is 0 Å². The van der Waals surface area contributed by atoms with Gasteiger partial charge in [-0.1, -0.05) is 31.6 Å². The Morgan fingerprint density at radius 2 is 1.83 bits per heavy atom. The molecule has 0 saturated heterocycles. The molecule has 0 unspecified atom stereocenters. The van der Waals surface area contributed by atoms with Crippen LogP contribution in [-0.2, 0) is 9.59 Å². The number of hydrogen-bond acceptors (Lipinski definition) is 8. The highest BCUT2D eigenvalue weighted by atomic mass is 32.1. The van der Waals surface area contributed by atoms with E-state index in [2.05, 4.69) is 10.2 Å². The highest BCUT2D eigenvalue weighted by Gasteiger charge is 2.32. The highest BCUT2D eigenvalue weighted by Crippen LogP contribution is 2.31. The number of rotatable bonds is 10. The Balaban J connectivity index is 2.26. The van der Waals surface area contributed by atoms with Gasteiger partial charge in [-0.15, -0.1) is 10.2 Å². The molecule has 0 spiro atoms. The zero-order chi connectivity index (χ0) is 21.4. The van der Waals surface area contributed by atoms with Gasteiger partial charge in [-0.25, -0.2) is 4.90 Å². The van der Waals surface area contributed by atoms with Crippen molar-refractivity contribution in [3.05, 3.63) is 24.3 Å². The molecule has 2 rings (SSSR count). The third-order valence-corrected chi connectivity index (χ3v) is 5.47. The van der Waals surface area contributed by atoms with Crippen LogP contribution in [0.1, 0.15) is 39.5 Å². The summed E-state index contributed by atoms with van der Waals surface area (Å²) in [6, 6.07) is 6.54. The number of nitrogens with two attached hydrogens (primary N) is 2. The smallest absolute Gasteiger partial charge is 0.252 e. The van der Waals surface area contributed by atoms with Gasteiger partial charge in [-0.05, 0) is 49.6 Å². The van der Waals surface area contributed by atoms with Crippen LogP contribution in [0.15, 0.2) is 24.3 Å². The second-order valence-corrected chi connectivity index (χ2v) is 8.01. The van der Waals surface area contributed by atoms with Crippen LogP contribution < -0.4 is 21.1 Å². The summed E-state index contributed by atoms with van der Waals surface area (Å²) in [4.78, 5) is 26.9. The van der Waals surface area contributed by atoms with Crippen LogP contribution in [0.3, 0.4) is 0 Å². The van der Waals surface area contributed by atoms with E-state index in [-0.39, 0.29) is 23.4 Å². The first-order valence-electron chi connectivity index (χ1n) is 9.69. The second kappa shape index (κ2) is 11.0. The summed E-state index contributed by atoms with van der Waals surface area (Å²) >= 11 is 1.18. The lowest BCUT2D eigenvalue weighted by Crippen LogP contribution is -2.49. The predicted molar refractivity (Wildman–Crippen MR) is 115 cm³/mol. The van der Waals surface area contributed by atoms with Crippen LogP contribution in [0.2, 0.25) is 0 Å². The molecule has 0 aliphatic rings. The van der Waals surface area contributed by atoms with Crippen molar-refractivity contribution in [3.8, 4) is 16.3 Å². The van der Waals surface area contributed by atoms with Gasteiger partial charge >= 0.3 is 0 Å². The maximum Gasteiger partial charge on any atom is 0.252 e. The van der Waals surface area contributed by atoms with E-state index >= 15 is 0 Å². The molecular formula is C20H29N5O3S. The Kier molecular flexibility index (Phi) is 8.69. The van der Waals surface area contributed by atoms with Crippen LogP contribution in [0.25, 0.3) is 10.6 Å². The van der Waals surface area contributed by atoms with E-state index < -0.39 is 11.9 Å². The molecule has 0 radical (unpaired) electrons. The fourth-order valence-electron chi connectivity index (χ4n) is 2.62. The molecule has 29 heavy (non-hydrogen) atoms. The van der Waals surface area contributed by atoms with E-state index in [9.17, 15) is 9.59 Å². The average Bonchev–Trinajstić information content (AvgIpc) is 3.20. The lowest BCUT2D eigenvalue weighted by Gasteiger charge is -2.23. The van der Waals surface area contributed by atoms with Gasteiger partial charge in [0.25, 0.3) is 5.91 Å². The zero-order valence-corrected chi connectivity index (χ0v) is 17.9. The summed E-state index contributed by atoms with van der Waals surface area (Å²) in [5, 5.41) is 9.12. The number of amides is 2. The minimum Gasteiger partial charge on any atom is -0.497 e. The van der Waals surface area contributed by atoms with Gasteiger partial charge in [0.05, 0.1) is 13.2 Å². The second-order valence-electron chi connectivity index (χ2n) is 7.05. The minimum atomic E-state index is -0.795. The van der Waals surface area contributed by atoms with Crippen molar-refractivity contribution in [2.75, 3.05) is 18.6 Å². The Morgan fingerprint density at radius 3 is 2.41 bits per heavy atom. The highest BCUT2D eigenvalue weighted by molar-refractivity contribution is 7.18. The van der Waals surface area contributed by atoms with Crippen LogP contribution >= 0.6 is 11.3 Å². The first kappa shape index (κ1) is 22.9. The van der Waals surface area contributed by atoms with E-state index in [1.54, 1.807) is 7.11 Å². The summed E-state index contributed by atoms with van der Waals surface area (Å²) in [5.74, 6) is -0.156. The fourth-order valence-corrected chi connectivity index (χ4v) is 3.50. The van der Waals surface area contributed by atoms with E-state index in [0.717, 1.165) is 29.1 Å². The first-order chi connectivity index (χ1) is 13.9. The van der Waals surface area contributed by atoms with Crippen molar-refractivity contribution in [3.63, 3.8) is 0 Å². The quantitative estimate of drug-likeness (QED) is 0.567. The minimum absolute atomic E-state index is 0.107. The van der Waals surface area contributed by atoms with Crippen LogP contribution in [0.5, 0.6) is 5.75 Å². The number of imide groups is 1. The molecule has 1 aromatic carbocycles. The summed E-state index contributed by atoms with van der Waals surface area (Å²) in [7, 11) is 1.60. The van der Waals surface area contributed by atoms with E-state index in [4.69, 9.17) is 16.2 Å². The molecule has 9 heteroatoms. The third-order valence-electron chi connectivity index (χ3n) is 4.51. The average molecular weight is 420 g/mol. The SMILES string of the molecule is COc1ccc(-c2nnc(N(C(=O)CCCCCN)C(=O)[C@H](N)C(C)C)s2)cc1. The number of carbonyl (C=O) groups is 2. The predicted octanol–water partition coefficient (Wildman–Crippen LogP) is 2.58. The molecule has 8 nitrogen and oxygen atoms in total. The summed E-state index contributed by atoms with van der Waals surface area (Å²) in [5.41, 5.74) is 12.4. The Morgan fingerprint density at radius 1 is 1.14 bits per heavy atom. The maximum atomic E-state index is 12.9. The number of ether oxygens (including phenoxy) is 1. The first-order valence-corrected chi connectivity index (χ1v) is 10.5. The normalized spacial score (nSPS) is 12.1.